The number of ketones is 1. The summed E-state index contributed by atoms with van der Waals surface area (Å²) in [5.74, 6) is -0.547. The van der Waals surface area contributed by atoms with E-state index < -0.39 is 11.4 Å². The Balaban J connectivity index is 2.34. The lowest BCUT2D eigenvalue weighted by Gasteiger charge is -2.26. The molecule has 2 aliphatic rings. The molecule has 66 valence electrons. The lowest BCUT2D eigenvalue weighted by atomic mass is 9.94. The van der Waals surface area contributed by atoms with Gasteiger partial charge in [0.15, 0.2) is 5.78 Å². The van der Waals surface area contributed by atoms with Gasteiger partial charge in [-0.3, -0.25) is 14.8 Å². The first-order valence-corrected chi connectivity index (χ1v) is 4.22. The van der Waals surface area contributed by atoms with E-state index in [1.54, 1.807) is 0 Å². The number of hydrogen-bond acceptors (Lipinski definition) is 3. The van der Waals surface area contributed by atoms with E-state index in [1.165, 1.54) is 0 Å². The van der Waals surface area contributed by atoms with Crippen molar-refractivity contribution in [1.82, 2.24) is 5.06 Å². The van der Waals surface area contributed by atoms with Crippen LogP contribution in [-0.4, -0.2) is 27.5 Å². The third-order valence-corrected chi connectivity index (χ3v) is 2.90. The molecular weight excluding hydrogens is 158 g/mol. The normalized spacial score (nSPS) is 27.6. The summed E-state index contributed by atoms with van der Waals surface area (Å²) in [5, 5.41) is 10.1. The van der Waals surface area contributed by atoms with Gasteiger partial charge in [0.25, 0.3) is 5.91 Å². The van der Waals surface area contributed by atoms with Crippen molar-refractivity contribution in [2.45, 2.75) is 37.6 Å². The van der Waals surface area contributed by atoms with Crippen molar-refractivity contribution in [2.24, 2.45) is 0 Å². The van der Waals surface area contributed by atoms with Gasteiger partial charge >= 0.3 is 0 Å². The zero-order valence-corrected chi connectivity index (χ0v) is 6.75. The molecule has 0 atom stereocenters. The maximum absolute atomic E-state index is 11.4. The predicted octanol–water partition coefficient (Wildman–Crippen LogP) is 0.490. The molecule has 0 aromatic rings. The van der Waals surface area contributed by atoms with E-state index >= 15 is 0 Å². The highest BCUT2D eigenvalue weighted by Gasteiger charge is 2.53. The van der Waals surface area contributed by atoms with Crippen LogP contribution in [0.4, 0.5) is 0 Å². The van der Waals surface area contributed by atoms with Crippen molar-refractivity contribution in [3.05, 3.63) is 0 Å². The van der Waals surface area contributed by atoms with Gasteiger partial charge in [0.05, 0.1) is 6.42 Å². The van der Waals surface area contributed by atoms with Crippen molar-refractivity contribution in [3.63, 3.8) is 0 Å². The van der Waals surface area contributed by atoms with E-state index in [4.69, 9.17) is 0 Å². The fourth-order valence-corrected chi connectivity index (χ4v) is 2.18. The van der Waals surface area contributed by atoms with E-state index in [0.717, 1.165) is 12.8 Å². The van der Waals surface area contributed by atoms with E-state index in [2.05, 4.69) is 0 Å². The van der Waals surface area contributed by atoms with Crippen LogP contribution in [0, 0.1) is 0 Å². The van der Waals surface area contributed by atoms with Gasteiger partial charge in [0.1, 0.15) is 5.54 Å². The highest BCUT2D eigenvalue weighted by Crippen LogP contribution is 2.39. The minimum atomic E-state index is -0.822. The van der Waals surface area contributed by atoms with Crippen LogP contribution in [0.2, 0.25) is 0 Å². The van der Waals surface area contributed by atoms with Gasteiger partial charge in [0, 0.05) is 0 Å². The Labute approximate surface area is 70.1 Å². The minimum absolute atomic E-state index is 0.104. The maximum Gasteiger partial charge on any atom is 0.254 e. The average molecular weight is 169 g/mol. The average Bonchev–Trinajstić information content (AvgIpc) is 2.57. The smallest absolute Gasteiger partial charge is 0.254 e. The summed E-state index contributed by atoms with van der Waals surface area (Å²) < 4.78 is 0. The molecule has 2 rings (SSSR count). The molecule has 1 spiro atoms. The standard InChI is InChI=1S/C8H11NO3/c10-6-5-7(11)9(12)8(6)3-1-2-4-8/h12H,1-5H2. The Bertz CT molecular complexity index is 243. The second-order valence-electron chi connectivity index (χ2n) is 3.54. The molecule has 1 aliphatic carbocycles. The van der Waals surface area contributed by atoms with Crippen molar-refractivity contribution in [2.75, 3.05) is 0 Å². The Morgan fingerprint density at radius 3 is 2.25 bits per heavy atom. The second kappa shape index (κ2) is 2.29. The van der Waals surface area contributed by atoms with Crippen LogP contribution < -0.4 is 0 Å². The molecular formula is C8H11NO3. The van der Waals surface area contributed by atoms with E-state index in [9.17, 15) is 14.8 Å². The molecule has 4 heteroatoms. The molecule has 0 aromatic heterocycles. The monoisotopic (exact) mass is 169 g/mol. The summed E-state index contributed by atoms with van der Waals surface area (Å²) in [6.07, 6.45) is 3.00. The highest BCUT2D eigenvalue weighted by atomic mass is 16.5. The number of hydrogen-bond donors (Lipinski definition) is 1. The van der Waals surface area contributed by atoms with Crippen LogP contribution >= 0.6 is 0 Å². The van der Waals surface area contributed by atoms with Crippen molar-refractivity contribution in [3.8, 4) is 0 Å². The Morgan fingerprint density at radius 2 is 1.83 bits per heavy atom. The summed E-state index contributed by atoms with van der Waals surface area (Å²) in [6, 6.07) is 0. The molecule has 0 radical (unpaired) electrons. The van der Waals surface area contributed by atoms with Gasteiger partial charge in [-0.15, -0.1) is 0 Å². The summed E-state index contributed by atoms with van der Waals surface area (Å²) in [6.45, 7) is 0. The van der Waals surface area contributed by atoms with E-state index in [1.807, 2.05) is 0 Å². The van der Waals surface area contributed by atoms with E-state index in [0.29, 0.717) is 17.9 Å². The van der Waals surface area contributed by atoms with Gasteiger partial charge in [-0.05, 0) is 12.8 Å². The maximum atomic E-state index is 11.4. The van der Waals surface area contributed by atoms with Gasteiger partial charge in [-0.1, -0.05) is 12.8 Å². The molecule has 2 fully saturated rings. The van der Waals surface area contributed by atoms with Gasteiger partial charge in [0.2, 0.25) is 0 Å². The molecule has 1 heterocycles. The van der Waals surface area contributed by atoms with Crippen molar-refractivity contribution < 1.29 is 14.8 Å². The molecule has 0 bridgehead atoms. The van der Waals surface area contributed by atoms with Crippen LogP contribution in [0.15, 0.2) is 0 Å². The number of carbonyl (C=O) groups is 2. The molecule has 1 amide bonds. The molecule has 1 saturated carbocycles. The summed E-state index contributed by atoms with van der Waals surface area (Å²) in [7, 11) is 0. The van der Waals surface area contributed by atoms with Crippen LogP contribution in [0.3, 0.4) is 0 Å². The summed E-state index contributed by atoms with van der Waals surface area (Å²) in [4.78, 5) is 22.4. The minimum Gasteiger partial charge on any atom is -0.296 e. The number of rotatable bonds is 0. The first kappa shape index (κ1) is 7.73. The zero-order valence-electron chi connectivity index (χ0n) is 6.75. The Kier molecular flexibility index (Phi) is 1.48. The number of nitrogens with zero attached hydrogens (tertiary/aromatic N) is 1. The molecule has 1 N–H and O–H groups in total. The largest absolute Gasteiger partial charge is 0.296 e. The molecule has 1 aliphatic heterocycles. The molecule has 0 unspecified atom stereocenters. The Hall–Kier alpha value is -0.900. The van der Waals surface area contributed by atoms with Crippen LogP contribution in [0.1, 0.15) is 32.1 Å². The number of carbonyl (C=O) groups excluding carboxylic acids is 2. The number of hydroxylamine groups is 2. The first-order chi connectivity index (χ1) is 5.67. The molecule has 4 nitrogen and oxygen atoms in total. The summed E-state index contributed by atoms with van der Waals surface area (Å²) >= 11 is 0. The SMILES string of the molecule is O=C1CC(=O)C2(CCCC2)N1O. The highest BCUT2D eigenvalue weighted by molar-refractivity contribution is 6.09. The first-order valence-electron chi connectivity index (χ1n) is 4.22. The van der Waals surface area contributed by atoms with Gasteiger partial charge in [-0.2, -0.15) is 0 Å². The lowest BCUT2D eigenvalue weighted by molar-refractivity contribution is -0.181. The second-order valence-corrected chi connectivity index (χ2v) is 3.54. The molecule has 1 saturated heterocycles. The Morgan fingerprint density at radius 1 is 1.25 bits per heavy atom. The van der Waals surface area contributed by atoms with Crippen LogP contribution in [0.5, 0.6) is 0 Å². The van der Waals surface area contributed by atoms with Crippen molar-refractivity contribution in [1.29, 1.82) is 0 Å². The predicted molar refractivity (Wildman–Crippen MR) is 39.5 cm³/mol. The quantitative estimate of drug-likeness (QED) is 0.424. The van der Waals surface area contributed by atoms with E-state index in [-0.39, 0.29) is 12.2 Å². The third kappa shape index (κ3) is 0.756. The molecule has 12 heavy (non-hydrogen) atoms. The van der Waals surface area contributed by atoms with Gasteiger partial charge < -0.3 is 0 Å². The fourth-order valence-electron chi connectivity index (χ4n) is 2.18. The topological polar surface area (TPSA) is 57.6 Å². The lowest BCUT2D eigenvalue weighted by Crippen LogP contribution is -2.45. The van der Waals surface area contributed by atoms with Crippen LogP contribution in [-0.2, 0) is 9.59 Å². The zero-order chi connectivity index (χ0) is 8.77. The van der Waals surface area contributed by atoms with Crippen LogP contribution in [0.25, 0.3) is 0 Å². The number of amides is 1. The fraction of sp³-hybridized carbons (Fsp3) is 0.750. The summed E-state index contributed by atoms with van der Waals surface area (Å²) in [5.41, 5.74) is -0.822. The third-order valence-electron chi connectivity index (χ3n) is 2.90. The number of Topliss-reactive ketones (excluding diaryl/α,β-unsaturated/α-hetero) is 1. The van der Waals surface area contributed by atoms with Gasteiger partial charge in [-0.25, -0.2) is 5.06 Å². The molecule has 0 aromatic carbocycles. The van der Waals surface area contributed by atoms with Crippen molar-refractivity contribution >= 4 is 11.7 Å².